The van der Waals surface area contributed by atoms with Gasteiger partial charge in [-0.05, 0) is 29.7 Å². The molecule has 3 nitrogen and oxygen atoms in total. The smallest absolute Gasteiger partial charge is 0.0520 e. The fraction of sp³-hybridized carbons (Fsp3) is 0.214. The average Bonchev–Trinajstić information content (AvgIpc) is 2.40. The van der Waals surface area contributed by atoms with E-state index in [2.05, 4.69) is 39.7 Å². The Morgan fingerprint density at radius 1 is 1.00 bits per heavy atom. The Labute approximate surface area is 101 Å². The van der Waals surface area contributed by atoms with Crippen LogP contribution in [-0.2, 0) is 13.0 Å². The molecular weight excluding hydrogens is 210 g/mol. The molecule has 3 rings (SSSR count). The normalized spacial score (nSPS) is 15.3. The third-order valence-corrected chi connectivity index (χ3v) is 3.10. The predicted octanol–water partition coefficient (Wildman–Crippen LogP) is 2.47. The van der Waals surface area contributed by atoms with Gasteiger partial charge in [0.2, 0.25) is 0 Å². The summed E-state index contributed by atoms with van der Waals surface area (Å²) in [6.45, 7) is 2.00. The van der Waals surface area contributed by atoms with Crippen molar-refractivity contribution in [3.63, 3.8) is 0 Å². The molecule has 0 unspecified atom stereocenters. The van der Waals surface area contributed by atoms with Crippen molar-refractivity contribution in [1.82, 2.24) is 9.99 Å². The first-order valence-electron chi connectivity index (χ1n) is 5.90. The first-order valence-corrected chi connectivity index (χ1v) is 5.90. The van der Waals surface area contributed by atoms with Crippen LogP contribution in [0.2, 0.25) is 0 Å². The summed E-state index contributed by atoms with van der Waals surface area (Å²) in [5.41, 5.74) is 7.40. The van der Waals surface area contributed by atoms with Crippen molar-refractivity contribution >= 4 is 5.69 Å². The number of hydrogen-bond donors (Lipinski definition) is 1. The fourth-order valence-electron chi connectivity index (χ4n) is 2.20. The molecule has 0 fully saturated rings. The van der Waals surface area contributed by atoms with Gasteiger partial charge in [-0.2, -0.15) is 0 Å². The largest absolute Gasteiger partial charge is 0.318 e. The van der Waals surface area contributed by atoms with Crippen molar-refractivity contribution in [2.45, 2.75) is 13.0 Å². The highest BCUT2D eigenvalue weighted by Crippen LogP contribution is 2.19. The van der Waals surface area contributed by atoms with Crippen LogP contribution in [-0.4, -0.2) is 16.5 Å². The molecule has 1 N–H and O–H groups in total. The average molecular weight is 225 g/mol. The van der Waals surface area contributed by atoms with Gasteiger partial charge in [0.25, 0.3) is 0 Å². The number of hydrazine groups is 1. The van der Waals surface area contributed by atoms with E-state index in [9.17, 15) is 0 Å². The maximum Gasteiger partial charge on any atom is 0.0520 e. The number of nitrogens with zero attached hydrogens (tertiary/aromatic N) is 2. The molecule has 86 valence electrons. The van der Waals surface area contributed by atoms with Crippen LogP contribution in [0.3, 0.4) is 0 Å². The Kier molecular flexibility index (Phi) is 2.76. The van der Waals surface area contributed by atoms with E-state index in [-0.39, 0.29) is 0 Å². The molecule has 1 aliphatic heterocycles. The zero-order valence-electron chi connectivity index (χ0n) is 9.63. The predicted molar refractivity (Wildman–Crippen MR) is 68.4 cm³/mol. The van der Waals surface area contributed by atoms with Crippen molar-refractivity contribution in [1.29, 1.82) is 0 Å². The molecule has 0 aliphatic carbocycles. The van der Waals surface area contributed by atoms with Crippen molar-refractivity contribution in [3.8, 4) is 0 Å². The minimum atomic E-state index is 0.957. The summed E-state index contributed by atoms with van der Waals surface area (Å²) in [6.07, 6.45) is 4.72. The maximum absolute atomic E-state index is 4.02. The zero-order chi connectivity index (χ0) is 11.5. The molecule has 0 radical (unpaired) electrons. The van der Waals surface area contributed by atoms with E-state index in [1.54, 1.807) is 12.4 Å². The number of fused-ring (bicyclic) bond motifs is 1. The number of benzene rings is 1. The third kappa shape index (κ3) is 2.29. The molecule has 0 saturated carbocycles. The highest BCUT2D eigenvalue weighted by Gasteiger charge is 2.14. The van der Waals surface area contributed by atoms with Crippen LogP contribution in [0.5, 0.6) is 0 Å². The van der Waals surface area contributed by atoms with E-state index in [0.717, 1.165) is 25.2 Å². The monoisotopic (exact) mass is 225 g/mol. The third-order valence-electron chi connectivity index (χ3n) is 3.10. The number of aromatic nitrogens is 1. The van der Waals surface area contributed by atoms with Gasteiger partial charge < -0.3 is 5.43 Å². The SMILES string of the molecule is c1ccc2c(c1)CCN(Nc1ccncc1)C2. The van der Waals surface area contributed by atoms with E-state index in [1.807, 2.05) is 12.1 Å². The number of anilines is 1. The second-order valence-corrected chi connectivity index (χ2v) is 4.29. The number of pyridine rings is 1. The maximum atomic E-state index is 4.02. The molecule has 0 saturated heterocycles. The first-order chi connectivity index (χ1) is 8.42. The van der Waals surface area contributed by atoms with E-state index >= 15 is 0 Å². The van der Waals surface area contributed by atoms with E-state index < -0.39 is 0 Å². The quantitative estimate of drug-likeness (QED) is 0.851. The molecular formula is C14H15N3. The molecule has 0 amide bonds. The molecule has 17 heavy (non-hydrogen) atoms. The summed E-state index contributed by atoms with van der Waals surface area (Å²) in [7, 11) is 0. The Morgan fingerprint density at radius 3 is 2.59 bits per heavy atom. The summed E-state index contributed by atoms with van der Waals surface area (Å²) in [5.74, 6) is 0. The van der Waals surface area contributed by atoms with Crippen molar-refractivity contribution < 1.29 is 0 Å². The molecule has 2 heterocycles. The second kappa shape index (κ2) is 4.55. The van der Waals surface area contributed by atoms with E-state index in [0.29, 0.717) is 0 Å². The van der Waals surface area contributed by atoms with Crippen LogP contribution >= 0.6 is 0 Å². The van der Waals surface area contributed by atoms with Crippen LogP contribution in [0, 0.1) is 0 Å². The number of rotatable bonds is 2. The molecule has 1 aliphatic rings. The lowest BCUT2D eigenvalue weighted by molar-refractivity contribution is 0.308. The van der Waals surface area contributed by atoms with Gasteiger partial charge in [0.15, 0.2) is 0 Å². The van der Waals surface area contributed by atoms with Crippen molar-refractivity contribution in [3.05, 3.63) is 59.9 Å². The van der Waals surface area contributed by atoms with Gasteiger partial charge in [0, 0.05) is 25.5 Å². The van der Waals surface area contributed by atoms with Crippen molar-refractivity contribution in [2.24, 2.45) is 0 Å². The van der Waals surface area contributed by atoms with Gasteiger partial charge in [0.1, 0.15) is 0 Å². The van der Waals surface area contributed by atoms with Gasteiger partial charge >= 0.3 is 0 Å². The molecule has 0 bridgehead atoms. The molecule has 1 aromatic heterocycles. The summed E-state index contributed by atoms with van der Waals surface area (Å²) < 4.78 is 0. The van der Waals surface area contributed by atoms with Crippen molar-refractivity contribution in [2.75, 3.05) is 12.0 Å². The Balaban J connectivity index is 1.72. The van der Waals surface area contributed by atoms with Crippen LogP contribution < -0.4 is 5.43 Å². The molecule has 2 aromatic rings. The standard InChI is InChI=1S/C14H15N3/c1-2-4-13-11-17(10-7-12(13)3-1)16-14-5-8-15-9-6-14/h1-6,8-9H,7,10-11H2,(H,15,16). The molecule has 3 heteroatoms. The minimum Gasteiger partial charge on any atom is -0.318 e. The van der Waals surface area contributed by atoms with E-state index in [4.69, 9.17) is 0 Å². The van der Waals surface area contributed by atoms with Gasteiger partial charge in [-0.1, -0.05) is 24.3 Å². The molecule has 0 spiro atoms. The van der Waals surface area contributed by atoms with Crippen LogP contribution in [0.25, 0.3) is 0 Å². The van der Waals surface area contributed by atoms with E-state index in [1.165, 1.54) is 11.1 Å². The number of hydrogen-bond acceptors (Lipinski definition) is 3. The van der Waals surface area contributed by atoms with Gasteiger partial charge in [-0.25, -0.2) is 5.01 Å². The highest BCUT2D eigenvalue weighted by atomic mass is 15.5. The summed E-state index contributed by atoms with van der Waals surface area (Å²) in [6, 6.07) is 12.6. The van der Waals surface area contributed by atoms with Crippen LogP contribution in [0.1, 0.15) is 11.1 Å². The Hall–Kier alpha value is -1.87. The van der Waals surface area contributed by atoms with Gasteiger partial charge in [-0.15, -0.1) is 0 Å². The minimum absolute atomic E-state index is 0.957. The lowest BCUT2D eigenvalue weighted by Gasteiger charge is -2.29. The van der Waals surface area contributed by atoms with Crippen LogP contribution in [0.15, 0.2) is 48.8 Å². The fourth-order valence-corrected chi connectivity index (χ4v) is 2.20. The van der Waals surface area contributed by atoms with Crippen LogP contribution in [0.4, 0.5) is 5.69 Å². The highest BCUT2D eigenvalue weighted by molar-refractivity contribution is 5.40. The summed E-state index contributed by atoms with van der Waals surface area (Å²) >= 11 is 0. The van der Waals surface area contributed by atoms with Gasteiger partial charge in [-0.3, -0.25) is 4.98 Å². The number of nitrogens with one attached hydrogen (secondary N) is 1. The lowest BCUT2D eigenvalue weighted by atomic mass is 10.0. The molecule has 0 atom stereocenters. The van der Waals surface area contributed by atoms with Gasteiger partial charge in [0.05, 0.1) is 5.69 Å². The summed E-state index contributed by atoms with van der Waals surface area (Å²) in [4.78, 5) is 4.02. The molecule has 1 aromatic carbocycles. The zero-order valence-corrected chi connectivity index (χ0v) is 9.63. The Morgan fingerprint density at radius 2 is 1.76 bits per heavy atom. The second-order valence-electron chi connectivity index (χ2n) is 4.29. The Bertz CT molecular complexity index is 496. The summed E-state index contributed by atoms with van der Waals surface area (Å²) in [5, 5.41) is 2.25. The topological polar surface area (TPSA) is 28.2 Å². The lowest BCUT2D eigenvalue weighted by Crippen LogP contribution is -2.35. The first kappa shape index (κ1) is 10.3.